The molecule has 3 heterocycles. The summed E-state index contributed by atoms with van der Waals surface area (Å²) in [5.74, 6) is -1.56. The van der Waals surface area contributed by atoms with Gasteiger partial charge < -0.3 is 24.3 Å². The van der Waals surface area contributed by atoms with E-state index in [9.17, 15) is 19.2 Å². The van der Waals surface area contributed by atoms with Crippen LogP contribution >= 0.6 is 11.6 Å². The third-order valence-electron chi connectivity index (χ3n) is 8.19. The molecule has 1 unspecified atom stereocenters. The number of anilines is 1. The van der Waals surface area contributed by atoms with Crippen LogP contribution in [0.2, 0.25) is 5.02 Å². The van der Waals surface area contributed by atoms with Crippen molar-refractivity contribution in [2.45, 2.75) is 24.9 Å². The van der Waals surface area contributed by atoms with Crippen LogP contribution in [-0.4, -0.2) is 48.0 Å². The number of benzene rings is 2. The molecule has 2 aromatic carbocycles. The molecule has 11 nitrogen and oxygen atoms in total. The predicted octanol–water partition coefficient (Wildman–Crippen LogP) is 3.19. The van der Waals surface area contributed by atoms with Gasteiger partial charge in [0.2, 0.25) is 17.2 Å². The Morgan fingerprint density at radius 3 is 2.32 bits per heavy atom. The zero-order valence-corrected chi connectivity index (χ0v) is 23.6. The average Bonchev–Trinajstić information content (AvgIpc) is 3.28. The molecule has 3 aromatic rings. The largest absolute Gasteiger partial charge is 0.497 e. The number of aromatic nitrogens is 2. The van der Waals surface area contributed by atoms with Crippen LogP contribution in [0.1, 0.15) is 40.7 Å². The number of carbonyl (C=O) groups is 2. The molecule has 1 aromatic heterocycles. The molecule has 41 heavy (non-hydrogen) atoms. The SMILES string of the molecule is COc1ccc(C2C3=C(C[C@@H](C)[C@]4(Oc5c(Cl)c(OC)cc(OC)c5C4=O)C3=O)Nc3c2c(=O)[nH]c(=O)n3C)cc1. The van der Waals surface area contributed by atoms with E-state index < -0.39 is 40.3 Å². The maximum Gasteiger partial charge on any atom is 0.329 e. The van der Waals surface area contributed by atoms with E-state index in [0.717, 1.165) is 0 Å². The van der Waals surface area contributed by atoms with Gasteiger partial charge in [0.1, 0.15) is 33.7 Å². The van der Waals surface area contributed by atoms with Crippen molar-refractivity contribution in [3.63, 3.8) is 0 Å². The first-order valence-corrected chi connectivity index (χ1v) is 13.2. The van der Waals surface area contributed by atoms with E-state index in [2.05, 4.69) is 10.3 Å². The second-order valence-electron chi connectivity index (χ2n) is 10.2. The molecule has 3 aliphatic rings. The summed E-state index contributed by atoms with van der Waals surface area (Å²) in [5, 5.41) is 3.21. The Hall–Kier alpha value is -4.51. The number of carbonyl (C=O) groups excluding carboxylic acids is 2. The zero-order chi connectivity index (χ0) is 29.4. The Morgan fingerprint density at radius 1 is 1.00 bits per heavy atom. The second kappa shape index (κ2) is 9.27. The highest BCUT2D eigenvalue weighted by atomic mass is 35.5. The fraction of sp³-hybridized carbons (Fsp3) is 0.310. The van der Waals surface area contributed by atoms with E-state index in [-0.39, 0.29) is 51.2 Å². The number of ether oxygens (including phenoxy) is 4. The van der Waals surface area contributed by atoms with E-state index in [4.69, 9.17) is 30.5 Å². The number of rotatable bonds is 4. The van der Waals surface area contributed by atoms with Crippen molar-refractivity contribution >= 4 is 29.0 Å². The van der Waals surface area contributed by atoms with E-state index >= 15 is 0 Å². The third-order valence-corrected chi connectivity index (χ3v) is 8.54. The number of fused-ring (bicyclic) bond motifs is 2. The first-order valence-electron chi connectivity index (χ1n) is 12.8. The minimum Gasteiger partial charge on any atom is -0.497 e. The second-order valence-corrected chi connectivity index (χ2v) is 10.6. The molecule has 2 N–H and O–H groups in total. The number of aromatic amines is 1. The lowest BCUT2D eigenvalue weighted by molar-refractivity contribution is -0.130. The molecule has 0 radical (unpaired) electrons. The molecule has 0 amide bonds. The highest BCUT2D eigenvalue weighted by molar-refractivity contribution is 6.36. The fourth-order valence-corrected chi connectivity index (χ4v) is 6.36. The van der Waals surface area contributed by atoms with Crippen LogP contribution in [0.5, 0.6) is 23.0 Å². The summed E-state index contributed by atoms with van der Waals surface area (Å²) >= 11 is 6.57. The summed E-state index contributed by atoms with van der Waals surface area (Å²) in [4.78, 5) is 57.2. The normalized spacial score (nSPS) is 22.5. The van der Waals surface area contributed by atoms with Gasteiger partial charge in [-0.1, -0.05) is 30.7 Å². The molecule has 0 fully saturated rings. The van der Waals surface area contributed by atoms with Gasteiger partial charge in [-0.3, -0.25) is 23.9 Å². The van der Waals surface area contributed by atoms with Crippen molar-refractivity contribution < 1.29 is 28.5 Å². The van der Waals surface area contributed by atoms with Crippen molar-refractivity contribution in [1.29, 1.82) is 0 Å². The molecule has 212 valence electrons. The number of Topliss-reactive ketones (excluding diaryl/α,β-unsaturated/α-hetero) is 2. The van der Waals surface area contributed by atoms with Gasteiger partial charge in [-0.25, -0.2) is 4.79 Å². The Balaban J connectivity index is 1.59. The molecule has 12 heteroatoms. The van der Waals surface area contributed by atoms with Crippen molar-refractivity contribution in [3.05, 3.63) is 84.2 Å². The minimum absolute atomic E-state index is 0.00234. The summed E-state index contributed by atoms with van der Waals surface area (Å²) in [6.07, 6.45) is 0.199. The van der Waals surface area contributed by atoms with Crippen LogP contribution in [0.4, 0.5) is 5.82 Å². The number of allylic oxidation sites excluding steroid dienone is 1. The van der Waals surface area contributed by atoms with Crippen molar-refractivity contribution in [2.75, 3.05) is 26.6 Å². The molecule has 1 aliphatic carbocycles. The van der Waals surface area contributed by atoms with Crippen molar-refractivity contribution in [1.82, 2.24) is 9.55 Å². The Bertz CT molecular complexity index is 1810. The monoisotopic (exact) mass is 579 g/mol. The quantitative estimate of drug-likeness (QED) is 0.446. The smallest absolute Gasteiger partial charge is 0.329 e. The fourth-order valence-electron chi connectivity index (χ4n) is 6.09. The highest BCUT2D eigenvalue weighted by Gasteiger charge is 2.63. The van der Waals surface area contributed by atoms with E-state index in [1.807, 2.05) is 0 Å². The first kappa shape index (κ1) is 26.7. The molecule has 0 bridgehead atoms. The van der Waals surface area contributed by atoms with Gasteiger partial charge in [0.25, 0.3) is 5.56 Å². The van der Waals surface area contributed by atoms with Gasteiger partial charge >= 0.3 is 5.69 Å². The lowest BCUT2D eigenvalue weighted by atomic mass is 9.66. The lowest BCUT2D eigenvalue weighted by Gasteiger charge is -2.42. The lowest BCUT2D eigenvalue weighted by Crippen LogP contribution is -2.58. The average molecular weight is 580 g/mol. The number of halogens is 1. The van der Waals surface area contributed by atoms with Crippen LogP contribution in [0.25, 0.3) is 0 Å². The Labute approximate surface area is 238 Å². The molecule has 0 saturated heterocycles. The predicted molar refractivity (Wildman–Crippen MR) is 149 cm³/mol. The number of nitrogens with zero attached hydrogens (tertiary/aromatic N) is 1. The number of H-pyrrole nitrogens is 1. The standard InChI is InChI=1S/C29H26ClN3O8/c1-12-10-15-19(24(34)29(12)25(35)20-16(39-4)11-17(40-5)22(30)23(20)41-29)18(13-6-8-14(38-3)9-7-13)21-26(31-15)33(2)28(37)32-27(21)36/h6-9,11-12,18,31H,10H2,1-5H3,(H,32,36,37)/t12-,18?,29+/m1/s1. The van der Waals surface area contributed by atoms with Gasteiger partial charge in [-0.2, -0.15) is 0 Å². The molecule has 1 spiro atoms. The molecule has 6 rings (SSSR count). The van der Waals surface area contributed by atoms with Crippen LogP contribution in [0, 0.1) is 5.92 Å². The molecule has 3 atom stereocenters. The molecule has 0 saturated carbocycles. The maximum absolute atomic E-state index is 14.8. The Morgan fingerprint density at radius 2 is 1.68 bits per heavy atom. The minimum atomic E-state index is -1.97. The summed E-state index contributed by atoms with van der Waals surface area (Å²) < 4.78 is 23.7. The highest BCUT2D eigenvalue weighted by Crippen LogP contribution is 2.56. The van der Waals surface area contributed by atoms with E-state index in [0.29, 0.717) is 17.0 Å². The molecular formula is C29H26ClN3O8. The molecular weight excluding hydrogens is 554 g/mol. The van der Waals surface area contributed by atoms with Crippen LogP contribution in [0.15, 0.2) is 51.2 Å². The van der Waals surface area contributed by atoms with Gasteiger partial charge in [-0.15, -0.1) is 0 Å². The van der Waals surface area contributed by atoms with Crippen LogP contribution < -0.4 is 35.5 Å². The zero-order valence-electron chi connectivity index (χ0n) is 22.8. The topological polar surface area (TPSA) is 138 Å². The maximum atomic E-state index is 14.8. The summed E-state index contributed by atoms with van der Waals surface area (Å²) in [5.41, 5.74) is -1.75. The Kier molecular flexibility index (Phi) is 6.04. The number of hydrogen-bond donors (Lipinski definition) is 2. The first-order chi connectivity index (χ1) is 19.6. The van der Waals surface area contributed by atoms with Gasteiger partial charge in [-0.05, 0) is 24.1 Å². The van der Waals surface area contributed by atoms with E-state index in [1.165, 1.54) is 39.0 Å². The van der Waals surface area contributed by atoms with Crippen LogP contribution in [-0.2, 0) is 11.8 Å². The van der Waals surface area contributed by atoms with Gasteiger partial charge in [0.15, 0.2) is 5.75 Å². The van der Waals surface area contributed by atoms with E-state index in [1.54, 1.807) is 31.2 Å². The molecule has 2 aliphatic heterocycles. The third kappa shape index (κ3) is 3.51. The van der Waals surface area contributed by atoms with Gasteiger partial charge in [0.05, 0.1) is 26.9 Å². The summed E-state index contributed by atoms with van der Waals surface area (Å²) in [6.45, 7) is 1.74. The number of ketones is 2. The number of hydrogen-bond acceptors (Lipinski definition) is 9. The summed E-state index contributed by atoms with van der Waals surface area (Å²) in [7, 11) is 5.87. The summed E-state index contributed by atoms with van der Waals surface area (Å²) in [6, 6.07) is 8.38. The van der Waals surface area contributed by atoms with Gasteiger partial charge in [0, 0.05) is 36.2 Å². The van der Waals surface area contributed by atoms with Crippen molar-refractivity contribution in [3.8, 4) is 23.0 Å². The number of nitrogens with one attached hydrogen (secondary N) is 2. The van der Waals surface area contributed by atoms with Crippen molar-refractivity contribution in [2.24, 2.45) is 13.0 Å². The number of methoxy groups -OCH3 is 3. The van der Waals surface area contributed by atoms with Crippen LogP contribution in [0.3, 0.4) is 0 Å².